The van der Waals surface area contributed by atoms with E-state index in [9.17, 15) is 9.59 Å². The third kappa shape index (κ3) is 5.81. The van der Waals surface area contributed by atoms with Gasteiger partial charge in [0.1, 0.15) is 6.61 Å². The molecule has 1 rings (SSSR count). The predicted molar refractivity (Wildman–Crippen MR) is 73.7 cm³/mol. The van der Waals surface area contributed by atoms with Crippen molar-refractivity contribution in [1.29, 1.82) is 0 Å². The second kappa shape index (κ2) is 9.06. The van der Waals surface area contributed by atoms with Gasteiger partial charge in [-0.3, -0.25) is 9.59 Å². The van der Waals surface area contributed by atoms with Crippen LogP contribution in [-0.4, -0.2) is 50.5 Å². The maximum absolute atomic E-state index is 12.1. The predicted octanol–water partition coefficient (Wildman–Crippen LogP) is 1.16. The Bertz CT molecular complexity index is 421. The molecule has 0 aliphatic rings. The summed E-state index contributed by atoms with van der Waals surface area (Å²) in [4.78, 5) is 24.2. The number of nitrogens with zero attached hydrogens (tertiary/aromatic N) is 1. The van der Waals surface area contributed by atoms with Crippen molar-refractivity contribution in [3.8, 4) is 0 Å². The van der Waals surface area contributed by atoms with E-state index in [2.05, 4.69) is 0 Å². The van der Waals surface area contributed by atoms with Crippen molar-refractivity contribution in [1.82, 2.24) is 0 Å². The van der Waals surface area contributed by atoms with Crippen molar-refractivity contribution in [2.24, 2.45) is 0 Å². The summed E-state index contributed by atoms with van der Waals surface area (Å²) in [6, 6.07) is 8.94. The SMILES string of the molecule is COCCOCC(=O)N(CCC(=O)O)c1ccccc1. The summed E-state index contributed by atoms with van der Waals surface area (Å²) in [5.74, 6) is -1.22. The van der Waals surface area contributed by atoms with Crippen LogP contribution in [0.25, 0.3) is 0 Å². The number of anilines is 1. The van der Waals surface area contributed by atoms with Gasteiger partial charge in [0.25, 0.3) is 5.91 Å². The van der Waals surface area contributed by atoms with E-state index >= 15 is 0 Å². The third-order valence-corrected chi connectivity index (χ3v) is 2.58. The maximum atomic E-state index is 12.1. The number of hydrogen-bond acceptors (Lipinski definition) is 4. The zero-order valence-corrected chi connectivity index (χ0v) is 11.4. The molecular weight excluding hydrogens is 262 g/mol. The molecular formula is C14H19NO5. The molecule has 0 saturated carbocycles. The summed E-state index contributed by atoms with van der Waals surface area (Å²) in [6.45, 7) is 0.751. The van der Waals surface area contributed by atoms with Crippen LogP contribution in [0.15, 0.2) is 30.3 Å². The van der Waals surface area contributed by atoms with Crippen molar-refractivity contribution < 1.29 is 24.2 Å². The van der Waals surface area contributed by atoms with Gasteiger partial charge in [0.15, 0.2) is 0 Å². The van der Waals surface area contributed by atoms with Crippen LogP contribution in [0, 0.1) is 0 Å². The quantitative estimate of drug-likeness (QED) is 0.687. The summed E-state index contributed by atoms with van der Waals surface area (Å²) in [5.41, 5.74) is 0.661. The topological polar surface area (TPSA) is 76.1 Å². The van der Waals surface area contributed by atoms with Crippen molar-refractivity contribution >= 4 is 17.6 Å². The van der Waals surface area contributed by atoms with E-state index < -0.39 is 5.97 Å². The van der Waals surface area contributed by atoms with Crippen LogP contribution < -0.4 is 4.90 Å². The average molecular weight is 281 g/mol. The lowest BCUT2D eigenvalue weighted by Crippen LogP contribution is -2.36. The number of carbonyl (C=O) groups is 2. The number of carboxylic acid groups (broad SMARTS) is 1. The molecule has 110 valence electrons. The summed E-state index contributed by atoms with van der Waals surface area (Å²) in [7, 11) is 1.55. The highest BCUT2D eigenvalue weighted by Gasteiger charge is 2.16. The molecule has 0 fully saturated rings. The molecule has 0 heterocycles. The fourth-order valence-corrected chi connectivity index (χ4v) is 1.59. The number of hydrogen-bond donors (Lipinski definition) is 1. The van der Waals surface area contributed by atoms with E-state index in [0.717, 1.165) is 0 Å². The van der Waals surface area contributed by atoms with Gasteiger partial charge in [-0.15, -0.1) is 0 Å². The van der Waals surface area contributed by atoms with Crippen LogP contribution in [0.3, 0.4) is 0 Å². The largest absolute Gasteiger partial charge is 0.481 e. The lowest BCUT2D eigenvalue weighted by atomic mass is 10.2. The molecule has 0 saturated heterocycles. The molecule has 0 radical (unpaired) electrons. The minimum absolute atomic E-state index is 0.0993. The lowest BCUT2D eigenvalue weighted by molar-refractivity contribution is -0.136. The zero-order chi connectivity index (χ0) is 14.8. The van der Waals surface area contributed by atoms with Crippen molar-refractivity contribution in [2.45, 2.75) is 6.42 Å². The summed E-state index contributed by atoms with van der Waals surface area (Å²) >= 11 is 0. The van der Waals surface area contributed by atoms with Crippen molar-refractivity contribution in [3.63, 3.8) is 0 Å². The van der Waals surface area contributed by atoms with E-state index in [1.807, 2.05) is 6.07 Å². The molecule has 0 aromatic heterocycles. The third-order valence-electron chi connectivity index (χ3n) is 2.58. The van der Waals surface area contributed by atoms with Gasteiger partial charge < -0.3 is 19.5 Å². The number of carboxylic acids is 1. The number of aliphatic carboxylic acids is 1. The molecule has 0 aliphatic heterocycles. The van der Waals surface area contributed by atoms with E-state index in [0.29, 0.717) is 18.9 Å². The fraction of sp³-hybridized carbons (Fsp3) is 0.429. The summed E-state index contributed by atoms with van der Waals surface area (Å²) < 4.78 is 10.0. The average Bonchev–Trinajstić information content (AvgIpc) is 2.44. The first-order valence-electron chi connectivity index (χ1n) is 6.29. The second-order valence-corrected chi connectivity index (χ2v) is 4.07. The van der Waals surface area contributed by atoms with E-state index in [1.165, 1.54) is 4.90 Å². The molecule has 0 aliphatic carbocycles. The van der Waals surface area contributed by atoms with Gasteiger partial charge in [-0.05, 0) is 12.1 Å². The van der Waals surface area contributed by atoms with Gasteiger partial charge in [-0.1, -0.05) is 18.2 Å². The lowest BCUT2D eigenvalue weighted by Gasteiger charge is -2.22. The number of para-hydroxylation sites is 1. The zero-order valence-electron chi connectivity index (χ0n) is 11.4. The molecule has 0 spiro atoms. The number of carbonyl (C=O) groups excluding carboxylic acids is 1. The van der Waals surface area contributed by atoms with E-state index in [1.54, 1.807) is 31.4 Å². The second-order valence-electron chi connectivity index (χ2n) is 4.07. The molecule has 1 amide bonds. The standard InChI is InChI=1S/C14H19NO5/c1-19-9-10-20-11-13(16)15(8-7-14(17)18)12-5-3-2-4-6-12/h2-6H,7-11H2,1H3,(H,17,18). The summed E-state index contributed by atoms with van der Waals surface area (Å²) in [5, 5.41) is 8.75. The van der Waals surface area contributed by atoms with Crippen LogP contribution in [-0.2, 0) is 19.1 Å². The van der Waals surface area contributed by atoms with Gasteiger partial charge in [0, 0.05) is 19.3 Å². The number of methoxy groups -OCH3 is 1. The molecule has 6 heteroatoms. The van der Waals surface area contributed by atoms with Crippen LogP contribution in [0.5, 0.6) is 0 Å². The molecule has 0 bridgehead atoms. The Morgan fingerprint density at radius 1 is 1.20 bits per heavy atom. The first-order chi connectivity index (χ1) is 9.65. The minimum Gasteiger partial charge on any atom is -0.481 e. The van der Waals surface area contributed by atoms with Gasteiger partial charge in [0.2, 0.25) is 0 Å². The Labute approximate surface area is 117 Å². The summed E-state index contributed by atoms with van der Waals surface area (Å²) in [6.07, 6.45) is -0.112. The highest BCUT2D eigenvalue weighted by atomic mass is 16.5. The van der Waals surface area contributed by atoms with Crippen LogP contribution in [0.4, 0.5) is 5.69 Å². The molecule has 20 heavy (non-hydrogen) atoms. The Morgan fingerprint density at radius 3 is 2.50 bits per heavy atom. The highest BCUT2D eigenvalue weighted by Crippen LogP contribution is 2.14. The van der Waals surface area contributed by atoms with E-state index in [4.69, 9.17) is 14.6 Å². The normalized spacial score (nSPS) is 10.2. The molecule has 0 atom stereocenters. The first-order valence-corrected chi connectivity index (χ1v) is 6.29. The van der Waals surface area contributed by atoms with Gasteiger partial charge >= 0.3 is 5.97 Å². The minimum atomic E-state index is -0.945. The van der Waals surface area contributed by atoms with Crippen molar-refractivity contribution in [2.75, 3.05) is 38.4 Å². The van der Waals surface area contributed by atoms with Gasteiger partial charge in [0.05, 0.1) is 19.6 Å². The van der Waals surface area contributed by atoms with Gasteiger partial charge in [-0.2, -0.15) is 0 Å². The Hall–Kier alpha value is -1.92. The van der Waals surface area contributed by atoms with Crippen molar-refractivity contribution in [3.05, 3.63) is 30.3 Å². The van der Waals surface area contributed by atoms with Crippen LogP contribution >= 0.6 is 0 Å². The number of amides is 1. The molecule has 6 nitrogen and oxygen atoms in total. The first kappa shape index (κ1) is 16.1. The highest BCUT2D eigenvalue weighted by molar-refractivity contribution is 5.94. The van der Waals surface area contributed by atoms with Crippen LogP contribution in [0.2, 0.25) is 0 Å². The molecule has 1 aromatic carbocycles. The molecule has 1 N–H and O–H groups in total. The fourth-order valence-electron chi connectivity index (χ4n) is 1.59. The number of rotatable bonds is 9. The maximum Gasteiger partial charge on any atom is 0.305 e. The van der Waals surface area contributed by atoms with E-state index in [-0.39, 0.29) is 25.5 Å². The van der Waals surface area contributed by atoms with Crippen LogP contribution in [0.1, 0.15) is 6.42 Å². The number of benzene rings is 1. The Morgan fingerprint density at radius 2 is 1.90 bits per heavy atom. The Kier molecular flexibility index (Phi) is 7.31. The molecule has 0 unspecified atom stereocenters. The molecule has 1 aromatic rings. The smallest absolute Gasteiger partial charge is 0.305 e. The number of ether oxygens (including phenoxy) is 2. The Balaban J connectivity index is 2.62. The van der Waals surface area contributed by atoms with Gasteiger partial charge in [-0.25, -0.2) is 0 Å². The monoisotopic (exact) mass is 281 g/mol.